The predicted octanol–water partition coefficient (Wildman–Crippen LogP) is -2.61. The number of aliphatic hydroxyl groups is 1. The summed E-state index contributed by atoms with van der Waals surface area (Å²) in [7, 11) is 0. The standard InChI is InChI=1S/C16H28N4O8/c1-4-7(2)12(20-14(25)9(17)5-11(23)24)15(26)18-6-10(22)19-13(8(3)21)16(27)28/h7-9,12-13,21H,4-6,17H2,1-3H3,(H,18,26)(H,19,22)(H,20,25)(H,23,24)(H,27,28). The maximum absolute atomic E-state index is 12.4. The van der Waals surface area contributed by atoms with Gasteiger partial charge in [-0.3, -0.25) is 19.2 Å². The molecule has 8 N–H and O–H groups in total. The van der Waals surface area contributed by atoms with E-state index in [2.05, 4.69) is 16.0 Å². The van der Waals surface area contributed by atoms with E-state index in [1.807, 2.05) is 0 Å². The van der Waals surface area contributed by atoms with E-state index in [0.717, 1.165) is 0 Å². The molecule has 0 aliphatic carbocycles. The molecule has 0 saturated carbocycles. The number of carboxylic acid groups (broad SMARTS) is 2. The Balaban J connectivity index is 4.90. The van der Waals surface area contributed by atoms with Crippen LogP contribution >= 0.6 is 0 Å². The largest absolute Gasteiger partial charge is 0.481 e. The fraction of sp³-hybridized carbons (Fsp3) is 0.688. The summed E-state index contributed by atoms with van der Waals surface area (Å²) in [6.07, 6.45) is -1.47. The first-order chi connectivity index (χ1) is 12.9. The van der Waals surface area contributed by atoms with Crippen molar-refractivity contribution in [1.29, 1.82) is 0 Å². The van der Waals surface area contributed by atoms with E-state index in [4.69, 9.17) is 15.9 Å². The molecular weight excluding hydrogens is 376 g/mol. The zero-order valence-corrected chi connectivity index (χ0v) is 16.0. The third-order valence-electron chi connectivity index (χ3n) is 4.01. The summed E-state index contributed by atoms with van der Waals surface area (Å²) in [5, 5.41) is 33.6. The summed E-state index contributed by atoms with van der Waals surface area (Å²) in [5.74, 6) is -5.45. The SMILES string of the molecule is CCC(C)C(NC(=O)C(N)CC(=O)O)C(=O)NCC(=O)NC(C(=O)O)C(C)O. The second-order valence-electron chi connectivity index (χ2n) is 6.42. The number of aliphatic carboxylic acids is 2. The van der Waals surface area contributed by atoms with Gasteiger partial charge in [0.1, 0.15) is 6.04 Å². The van der Waals surface area contributed by atoms with Gasteiger partial charge in [0.15, 0.2) is 6.04 Å². The van der Waals surface area contributed by atoms with Crippen molar-refractivity contribution in [2.24, 2.45) is 11.7 Å². The third-order valence-corrected chi connectivity index (χ3v) is 4.01. The Labute approximate surface area is 161 Å². The van der Waals surface area contributed by atoms with Gasteiger partial charge >= 0.3 is 11.9 Å². The van der Waals surface area contributed by atoms with E-state index in [1.165, 1.54) is 6.92 Å². The third kappa shape index (κ3) is 8.77. The first-order valence-corrected chi connectivity index (χ1v) is 8.66. The summed E-state index contributed by atoms with van der Waals surface area (Å²) in [6.45, 7) is 4.04. The molecule has 5 atom stereocenters. The fourth-order valence-electron chi connectivity index (χ4n) is 2.13. The van der Waals surface area contributed by atoms with Crippen molar-refractivity contribution in [2.45, 2.75) is 57.8 Å². The van der Waals surface area contributed by atoms with E-state index < -0.39 is 66.9 Å². The Morgan fingerprint density at radius 1 is 0.964 bits per heavy atom. The number of carboxylic acids is 2. The first-order valence-electron chi connectivity index (χ1n) is 8.66. The minimum absolute atomic E-state index is 0.353. The van der Waals surface area contributed by atoms with E-state index >= 15 is 0 Å². The van der Waals surface area contributed by atoms with Crippen molar-refractivity contribution in [3.05, 3.63) is 0 Å². The fourth-order valence-corrected chi connectivity index (χ4v) is 2.13. The van der Waals surface area contributed by atoms with Gasteiger partial charge in [-0.15, -0.1) is 0 Å². The summed E-state index contributed by atoms with van der Waals surface area (Å²) in [5.41, 5.74) is 5.47. The van der Waals surface area contributed by atoms with Crippen molar-refractivity contribution < 1.29 is 39.3 Å². The van der Waals surface area contributed by atoms with E-state index in [1.54, 1.807) is 13.8 Å². The number of nitrogens with one attached hydrogen (secondary N) is 3. The highest BCUT2D eigenvalue weighted by molar-refractivity contribution is 5.93. The van der Waals surface area contributed by atoms with Crippen LogP contribution in [0.2, 0.25) is 0 Å². The zero-order chi connectivity index (χ0) is 22.0. The summed E-state index contributed by atoms with van der Waals surface area (Å²) in [6, 6.07) is -3.96. The van der Waals surface area contributed by atoms with Crippen LogP contribution in [-0.2, 0) is 24.0 Å². The van der Waals surface area contributed by atoms with Crippen molar-refractivity contribution in [3.63, 3.8) is 0 Å². The summed E-state index contributed by atoms with van der Waals surface area (Å²) >= 11 is 0. The lowest BCUT2D eigenvalue weighted by Crippen LogP contribution is -2.56. The lowest BCUT2D eigenvalue weighted by molar-refractivity contribution is -0.144. The number of hydrogen-bond donors (Lipinski definition) is 7. The molecule has 0 heterocycles. The quantitative estimate of drug-likeness (QED) is 0.181. The van der Waals surface area contributed by atoms with Crippen molar-refractivity contribution >= 4 is 29.7 Å². The average molecular weight is 404 g/mol. The number of nitrogens with two attached hydrogens (primary N) is 1. The van der Waals surface area contributed by atoms with Gasteiger partial charge in [-0.2, -0.15) is 0 Å². The first kappa shape index (κ1) is 25.3. The van der Waals surface area contributed by atoms with Crippen molar-refractivity contribution in [3.8, 4) is 0 Å². The maximum atomic E-state index is 12.4. The molecule has 12 nitrogen and oxygen atoms in total. The van der Waals surface area contributed by atoms with Crippen LogP contribution < -0.4 is 21.7 Å². The molecule has 0 aliphatic rings. The van der Waals surface area contributed by atoms with Gasteiger partial charge in [0, 0.05) is 0 Å². The van der Waals surface area contributed by atoms with Crippen LogP contribution in [0.25, 0.3) is 0 Å². The van der Waals surface area contributed by atoms with Crippen LogP contribution in [0.4, 0.5) is 0 Å². The molecule has 0 saturated heterocycles. The highest BCUT2D eigenvalue weighted by Gasteiger charge is 2.29. The molecule has 0 aliphatic heterocycles. The average Bonchev–Trinajstić information content (AvgIpc) is 2.59. The number of amides is 3. The molecular formula is C16H28N4O8. The topological polar surface area (TPSA) is 208 Å². The smallest absolute Gasteiger partial charge is 0.328 e. The van der Waals surface area contributed by atoms with Gasteiger partial charge in [-0.1, -0.05) is 20.3 Å². The second-order valence-corrected chi connectivity index (χ2v) is 6.42. The van der Waals surface area contributed by atoms with Crippen LogP contribution in [0.3, 0.4) is 0 Å². The highest BCUT2D eigenvalue weighted by atomic mass is 16.4. The van der Waals surface area contributed by atoms with Crippen LogP contribution in [0.1, 0.15) is 33.6 Å². The van der Waals surface area contributed by atoms with Crippen LogP contribution in [0.15, 0.2) is 0 Å². The van der Waals surface area contributed by atoms with Crippen molar-refractivity contribution in [2.75, 3.05) is 6.54 Å². The molecule has 160 valence electrons. The number of hydrogen-bond acceptors (Lipinski definition) is 7. The second kappa shape index (κ2) is 11.9. The number of carbonyl (C=O) groups is 5. The molecule has 0 spiro atoms. The number of carbonyl (C=O) groups excluding carboxylic acids is 3. The lowest BCUT2D eigenvalue weighted by Gasteiger charge is -2.25. The molecule has 5 unspecified atom stereocenters. The molecule has 28 heavy (non-hydrogen) atoms. The minimum Gasteiger partial charge on any atom is -0.481 e. The van der Waals surface area contributed by atoms with Gasteiger partial charge in [-0.05, 0) is 12.8 Å². The Bertz CT molecular complexity index is 595. The molecule has 0 rings (SSSR count). The summed E-state index contributed by atoms with van der Waals surface area (Å²) < 4.78 is 0. The molecule has 0 aromatic carbocycles. The van der Waals surface area contributed by atoms with Gasteiger partial charge in [0.25, 0.3) is 0 Å². The highest BCUT2D eigenvalue weighted by Crippen LogP contribution is 2.08. The monoisotopic (exact) mass is 404 g/mol. The zero-order valence-electron chi connectivity index (χ0n) is 16.0. The van der Waals surface area contributed by atoms with Crippen LogP contribution in [-0.4, -0.2) is 75.8 Å². The molecule has 0 radical (unpaired) electrons. The Morgan fingerprint density at radius 3 is 1.96 bits per heavy atom. The van der Waals surface area contributed by atoms with Gasteiger partial charge in [0.05, 0.1) is 25.1 Å². The van der Waals surface area contributed by atoms with Gasteiger partial charge in [-0.25, -0.2) is 4.79 Å². The van der Waals surface area contributed by atoms with Gasteiger partial charge < -0.3 is 37.0 Å². The Kier molecular flexibility index (Phi) is 10.7. The summed E-state index contributed by atoms with van der Waals surface area (Å²) in [4.78, 5) is 57.7. The molecule has 0 bridgehead atoms. The minimum atomic E-state index is -1.54. The van der Waals surface area contributed by atoms with Crippen LogP contribution in [0, 0.1) is 5.92 Å². The van der Waals surface area contributed by atoms with Gasteiger partial charge in [0.2, 0.25) is 17.7 Å². The molecule has 0 aromatic rings. The molecule has 12 heteroatoms. The molecule has 0 aromatic heterocycles. The van der Waals surface area contributed by atoms with Crippen molar-refractivity contribution in [1.82, 2.24) is 16.0 Å². The van der Waals surface area contributed by atoms with Crippen LogP contribution in [0.5, 0.6) is 0 Å². The number of aliphatic hydroxyl groups excluding tert-OH is 1. The van der Waals surface area contributed by atoms with E-state index in [0.29, 0.717) is 6.42 Å². The molecule has 0 fully saturated rings. The normalized spacial score (nSPS) is 16.0. The maximum Gasteiger partial charge on any atom is 0.328 e. The predicted molar refractivity (Wildman–Crippen MR) is 95.9 cm³/mol. The Morgan fingerprint density at radius 2 is 1.54 bits per heavy atom. The number of rotatable bonds is 12. The Hall–Kier alpha value is -2.73. The molecule has 3 amide bonds. The van der Waals surface area contributed by atoms with E-state index in [-0.39, 0.29) is 5.92 Å². The van der Waals surface area contributed by atoms with E-state index in [9.17, 15) is 29.1 Å². The lowest BCUT2D eigenvalue weighted by atomic mass is 9.97.